The Morgan fingerprint density at radius 3 is 2.29 bits per heavy atom. The van der Waals surface area contributed by atoms with Gasteiger partial charge >= 0.3 is 0 Å². The van der Waals surface area contributed by atoms with Crippen LogP contribution in [0.1, 0.15) is 16.1 Å². The Morgan fingerprint density at radius 2 is 1.65 bits per heavy atom. The largest absolute Gasteiger partial charge is 0.459 e. The Labute approximate surface area is 197 Å². The lowest BCUT2D eigenvalue weighted by Crippen LogP contribution is -2.45. The summed E-state index contributed by atoms with van der Waals surface area (Å²) < 4.78 is 37.3. The van der Waals surface area contributed by atoms with Crippen molar-refractivity contribution < 1.29 is 27.2 Å². The number of carbonyl (C=O) groups is 2. The molecule has 1 aliphatic heterocycles. The molecular formula is C24H25N3O6S. The van der Waals surface area contributed by atoms with E-state index in [0.717, 1.165) is 5.56 Å². The maximum Gasteiger partial charge on any atom is 0.287 e. The van der Waals surface area contributed by atoms with Crippen molar-refractivity contribution in [3.05, 3.63) is 84.3 Å². The van der Waals surface area contributed by atoms with E-state index in [9.17, 15) is 18.0 Å². The molecule has 0 spiro atoms. The maximum absolute atomic E-state index is 13.1. The van der Waals surface area contributed by atoms with E-state index in [4.69, 9.17) is 9.15 Å². The minimum absolute atomic E-state index is 0.100. The monoisotopic (exact) mass is 483 g/mol. The zero-order chi connectivity index (χ0) is 24.0. The van der Waals surface area contributed by atoms with Crippen molar-refractivity contribution in [1.82, 2.24) is 9.62 Å². The summed E-state index contributed by atoms with van der Waals surface area (Å²) >= 11 is 0. The van der Waals surface area contributed by atoms with Crippen LogP contribution in [0.25, 0.3) is 0 Å². The van der Waals surface area contributed by atoms with Gasteiger partial charge in [-0.25, -0.2) is 8.42 Å². The van der Waals surface area contributed by atoms with Crippen molar-refractivity contribution in [2.24, 2.45) is 0 Å². The van der Waals surface area contributed by atoms with Crippen LogP contribution in [0.4, 0.5) is 5.69 Å². The fourth-order valence-corrected chi connectivity index (χ4v) is 4.98. The second-order valence-corrected chi connectivity index (χ2v) is 9.66. The predicted octanol–water partition coefficient (Wildman–Crippen LogP) is 2.28. The molecule has 1 saturated heterocycles. The summed E-state index contributed by atoms with van der Waals surface area (Å²) in [7, 11) is -3.63. The molecule has 3 aromatic rings. The Bertz CT molecular complexity index is 1210. The lowest BCUT2D eigenvalue weighted by Gasteiger charge is -2.26. The first-order valence-corrected chi connectivity index (χ1v) is 12.2. The number of furan rings is 1. The minimum Gasteiger partial charge on any atom is -0.459 e. The number of benzene rings is 2. The summed E-state index contributed by atoms with van der Waals surface area (Å²) in [5, 5.41) is 5.47. The van der Waals surface area contributed by atoms with Crippen LogP contribution in [0.5, 0.6) is 0 Å². The molecule has 1 aliphatic rings. The maximum atomic E-state index is 13.1. The normalized spacial score (nSPS) is 15.4. The van der Waals surface area contributed by atoms with Crippen LogP contribution in [0, 0.1) is 0 Å². The van der Waals surface area contributed by atoms with Gasteiger partial charge in [-0.2, -0.15) is 4.31 Å². The van der Waals surface area contributed by atoms with Crippen LogP contribution in [-0.4, -0.2) is 56.9 Å². The van der Waals surface area contributed by atoms with Crippen molar-refractivity contribution >= 4 is 27.5 Å². The molecule has 2 heterocycles. The molecule has 1 aromatic heterocycles. The number of rotatable bonds is 8. The molecule has 0 aliphatic carbocycles. The summed E-state index contributed by atoms with van der Waals surface area (Å²) in [5.74, 6) is -0.843. The van der Waals surface area contributed by atoms with Crippen molar-refractivity contribution in [1.29, 1.82) is 0 Å². The molecule has 0 radical (unpaired) electrons. The Kier molecular flexibility index (Phi) is 7.41. The van der Waals surface area contributed by atoms with E-state index in [-0.39, 0.29) is 17.1 Å². The van der Waals surface area contributed by atoms with Gasteiger partial charge in [0.05, 0.1) is 24.4 Å². The molecule has 9 nitrogen and oxygen atoms in total. The molecule has 2 amide bonds. The number of ether oxygens (including phenoxy) is 1. The van der Waals surface area contributed by atoms with Crippen molar-refractivity contribution in [3.63, 3.8) is 0 Å². The fraction of sp³-hybridized carbons (Fsp3) is 0.250. The van der Waals surface area contributed by atoms with Crippen LogP contribution >= 0.6 is 0 Å². The number of nitrogens with one attached hydrogen (secondary N) is 2. The zero-order valence-electron chi connectivity index (χ0n) is 18.3. The highest BCUT2D eigenvalue weighted by Crippen LogP contribution is 2.20. The third-order valence-corrected chi connectivity index (χ3v) is 7.29. The first kappa shape index (κ1) is 23.7. The van der Waals surface area contributed by atoms with Gasteiger partial charge in [0.1, 0.15) is 6.04 Å². The van der Waals surface area contributed by atoms with Gasteiger partial charge in [0.25, 0.3) is 5.91 Å². The average molecular weight is 484 g/mol. The molecule has 2 aromatic carbocycles. The second kappa shape index (κ2) is 10.6. The highest BCUT2D eigenvalue weighted by molar-refractivity contribution is 7.89. The molecule has 0 bridgehead atoms. The molecule has 4 rings (SSSR count). The van der Waals surface area contributed by atoms with Gasteiger partial charge in [0, 0.05) is 25.2 Å². The van der Waals surface area contributed by atoms with Gasteiger partial charge in [-0.3, -0.25) is 9.59 Å². The SMILES string of the molecule is O=C(NC(Cc1ccccc1)C(=O)Nc1ccc(S(=O)(=O)N2CCOCC2)cc1)c1ccco1. The lowest BCUT2D eigenvalue weighted by atomic mass is 10.0. The van der Waals surface area contributed by atoms with Crippen LogP contribution in [0.2, 0.25) is 0 Å². The number of nitrogens with zero attached hydrogens (tertiary/aromatic N) is 1. The summed E-state index contributed by atoms with van der Waals surface area (Å²) in [6.07, 6.45) is 1.65. The third-order valence-electron chi connectivity index (χ3n) is 5.38. The minimum atomic E-state index is -3.63. The molecule has 1 fully saturated rings. The number of hydrogen-bond donors (Lipinski definition) is 2. The van der Waals surface area contributed by atoms with Gasteiger partial charge in [0.2, 0.25) is 15.9 Å². The van der Waals surface area contributed by atoms with E-state index >= 15 is 0 Å². The number of morpholine rings is 1. The molecule has 2 N–H and O–H groups in total. The highest BCUT2D eigenvalue weighted by Gasteiger charge is 2.27. The Morgan fingerprint density at radius 1 is 0.941 bits per heavy atom. The summed E-state index contributed by atoms with van der Waals surface area (Å²) in [5.41, 5.74) is 1.28. The number of amides is 2. The van der Waals surface area contributed by atoms with Crippen molar-refractivity contribution in [2.75, 3.05) is 31.6 Å². The molecule has 0 saturated carbocycles. The van der Waals surface area contributed by atoms with E-state index in [2.05, 4.69) is 10.6 Å². The molecule has 178 valence electrons. The zero-order valence-corrected chi connectivity index (χ0v) is 19.2. The molecule has 34 heavy (non-hydrogen) atoms. The number of carbonyl (C=O) groups excluding carboxylic acids is 2. The van der Waals surface area contributed by atoms with Crippen molar-refractivity contribution in [3.8, 4) is 0 Å². The van der Waals surface area contributed by atoms with Crippen molar-refractivity contribution in [2.45, 2.75) is 17.4 Å². The van der Waals surface area contributed by atoms with E-state index < -0.39 is 27.9 Å². The quantitative estimate of drug-likeness (QED) is 0.508. The lowest BCUT2D eigenvalue weighted by molar-refractivity contribution is -0.118. The summed E-state index contributed by atoms with van der Waals surface area (Å²) in [6, 6.07) is 17.5. The molecular weight excluding hydrogens is 458 g/mol. The fourth-order valence-electron chi connectivity index (χ4n) is 3.57. The Balaban J connectivity index is 1.47. The van der Waals surface area contributed by atoms with E-state index in [1.807, 2.05) is 30.3 Å². The van der Waals surface area contributed by atoms with E-state index in [1.165, 1.54) is 40.9 Å². The average Bonchev–Trinajstić information content (AvgIpc) is 3.40. The summed E-state index contributed by atoms with van der Waals surface area (Å²) in [4.78, 5) is 25.7. The van der Waals surface area contributed by atoms with Crippen LogP contribution < -0.4 is 10.6 Å². The van der Waals surface area contributed by atoms with Crippen LogP contribution in [0.15, 0.2) is 82.3 Å². The Hall–Kier alpha value is -3.47. The smallest absolute Gasteiger partial charge is 0.287 e. The number of sulfonamides is 1. The molecule has 10 heteroatoms. The van der Waals surface area contributed by atoms with Gasteiger partial charge in [-0.05, 0) is 42.0 Å². The number of anilines is 1. The van der Waals surface area contributed by atoms with E-state index in [0.29, 0.717) is 32.0 Å². The molecule has 1 unspecified atom stereocenters. The van der Waals surface area contributed by atoms with Gasteiger partial charge in [-0.1, -0.05) is 30.3 Å². The van der Waals surface area contributed by atoms with Gasteiger partial charge < -0.3 is 19.8 Å². The van der Waals surface area contributed by atoms with Gasteiger partial charge in [-0.15, -0.1) is 0 Å². The number of hydrogen-bond acceptors (Lipinski definition) is 6. The first-order chi connectivity index (χ1) is 16.4. The topological polar surface area (TPSA) is 118 Å². The van der Waals surface area contributed by atoms with Crippen LogP contribution in [0.3, 0.4) is 0 Å². The highest BCUT2D eigenvalue weighted by atomic mass is 32.2. The van der Waals surface area contributed by atoms with Gasteiger partial charge in [0.15, 0.2) is 5.76 Å². The third kappa shape index (κ3) is 5.71. The molecule has 1 atom stereocenters. The standard InChI is InChI=1S/C24H25N3O6S/c28-23(21(17-18-5-2-1-3-6-18)26-24(29)22-7-4-14-33-22)25-19-8-10-20(11-9-19)34(30,31)27-12-15-32-16-13-27/h1-11,14,21H,12-13,15-17H2,(H,25,28)(H,26,29). The predicted molar refractivity (Wildman–Crippen MR) is 125 cm³/mol. The first-order valence-electron chi connectivity index (χ1n) is 10.8. The van der Waals surface area contributed by atoms with E-state index in [1.54, 1.807) is 6.07 Å². The van der Waals surface area contributed by atoms with Crippen LogP contribution in [-0.2, 0) is 26.0 Å². The second-order valence-electron chi connectivity index (χ2n) is 7.72. The summed E-state index contributed by atoms with van der Waals surface area (Å²) in [6.45, 7) is 1.33.